The van der Waals surface area contributed by atoms with Crippen LogP contribution in [0.15, 0.2) is 0 Å². The van der Waals surface area contributed by atoms with Gasteiger partial charge >= 0.3 is 133 Å². The maximum absolute atomic E-state index is 12.3. The Morgan fingerprint density at radius 1 is 1.26 bits per heavy atom. The van der Waals surface area contributed by atoms with Crippen LogP contribution in [0.2, 0.25) is 0 Å². The molecule has 1 heterocycles. The predicted molar refractivity (Wildman–Crippen MR) is 105 cm³/mol. The van der Waals surface area contributed by atoms with Gasteiger partial charge in [-0.05, 0) is 13.3 Å². The second-order valence-electron chi connectivity index (χ2n) is 6.96. The van der Waals surface area contributed by atoms with E-state index < -0.39 is 15.6 Å². The molecule has 1 N–H and O–H groups in total. The normalized spacial score (nSPS) is 19.8. The third-order valence-electron chi connectivity index (χ3n) is 3.62. The summed E-state index contributed by atoms with van der Waals surface area (Å²) >= 11 is 1.75. The molecule has 0 aliphatic carbocycles. The summed E-state index contributed by atoms with van der Waals surface area (Å²) in [6.45, 7) is 12.4. The molecule has 1 fully saturated rings. The fourth-order valence-electron chi connectivity index (χ4n) is 2.49. The molecule has 0 aromatic rings. The molecule has 1 aliphatic rings. The number of carbonyl (C=O) groups is 2. The van der Waals surface area contributed by atoms with E-state index in [2.05, 4.69) is 30.0 Å². The van der Waals surface area contributed by atoms with Crippen molar-refractivity contribution in [2.24, 2.45) is 0 Å². The number of unbranched alkanes of at least 4 members (excludes halogenated alkanes) is 2. The third-order valence-corrected chi connectivity index (χ3v) is 7.78. The molecule has 1 saturated heterocycles. The van der Waals surface area contributed by atoms with E-state index in [9.17, 15) is 9.59 Å². The van der Waals surface area contributed by atoms with Gasteiger partial charge in [-0.3, -0.25) is 0 Å². The van der Waals surface area contributed by atoms with Crippen LogP contribution >= 0.6 is 27.3 Å². The van der Waals surface area contributed by atoms with Gasteiger partial charge in [-0.15, -0.1) is 0 Å². The zero-order valence-electron chi connectivity index (χ0n) is 15.1. The van der Waals surface area contributed by atoms with Crippen LogP contribution in [0.5, 0.6) is 0 Å². The van der Waals surface area contributed by atoms with Gasteiger partial charge in [-0.1, -0.05) is 0 Å². The second-order valence-corrected chi connectivity index (χ2v) is 14.9. The average molecular weight is 382 g/mol. The number of rotatable bonds is 9. The van der Waals surface area contributed by atoms with E-state index in [1.54, 1.807) is 11.8 Å². The first-order valence-corrected chi connectivity index (χ1v) is 14.9. The van der Waals surface area contributed by atoms with Crippen molar-refractivity contribution in [3.63, 3.8) is 0 Å². The Hall–Kier alpha value is 0.110. The molecule has 0 radical (unpaired) electrons. The summed E-state index contributed by atoms with van der Waals surface area (Å²) in [7, 11) is -2.04. The Morgan fingerprint density at radius 3 is 2.57 bits per heavy atom. The van der Waals surface area contributed by atoms with Gasteiger partial charge in [0.05, 0.1) is 0 Å². The standard InChI is InChI=1S/C15H32N2O3P2S/c1-21(2)20-13(18)9-7-6-8-10-16-14(19)15-17(11-12-23-15)22(3,4)5/h15,22H,6-12H2,1-5H3,(H,16,19). The van der Waals surface area contributed by atoms with Crippen LogP contribution in [0.4, 0.5) is 0 Å². The summed E-state index contributed by atoms with van der Waals surface area (Å²) in [5.74, 6) is 1.09. The number of nitrogens with zero attached hydrogens (tertiary/aromatic N) is 1. The van der Waals surface area contributed by atoms with Gasteiger partial charge in [-0.2, -0.15) is 0 Å². The Balaban J connectivity index is 2.16. The Bertz CT molecular complexity index is 403. The average Bonchev–Trinajstić information content (AvgIpc) is 2.91. The van der Waals surface area contributed by atoms with Crippen LogP contribution in [0.1, 0.15) is 25.7 Å². The first-order chi connectivity index (χ1) is 10.7. The summed E-state index contributed by atoms with van der Waals surface area (Å²) in [4.78, 5) is 23.8. The van der Waals surface area contributed by atoms with Gasteiger partial charge in [0.25, 0.3) is 0 Å². The van der Waals surface area contributed by atoms with Crippen molar-refractivity contribution in [3.8, 4) is 0 Å². The second kappa shape index (κ2) is 10.2. The van der Waals surface area contributed by atoms with E-state index in [1.165, 1.54) is 0 Å². The molecule has 1 atom stereocenters. The minimum atomic E-state index is -1.43. The van der Waals surface area contributed by atoms with Crippen LogP contribution in [0.25, 0.3) is 0 Å². The monoisotopic (exact) mass is 382 g/mol. The predicted octanol–water partition coefficient (Wildman–Crippen LogP) is 2.79. The van der Waals surface area contributed by atoms with Crippen molar-refractivity contribution in [1.82, 2.24) is 9.99 Å². The Morgan fingerprint density at radius 2 is 1.96 bits per heavy atom. The first-order valence-electron chi connectivity index (χ1n) is 8.26. The van der Waals surface area contributed by atoms with Crippen molar-refractivity contribution < 1.29 is 14.1 Å². The number of amides is 1. The molecule has 136 valence electrons. The van der Waals surface area contributed by atoms with Crippen LogP contribution in [-0.4, -0.2) is 74.1 Å². The van der Waals surface area contributed by atoms with Crippen molar-refractivity contribution in [1.29, 1.82) is 0 Å². The third kappa shape index (κ3) is 8.16. The van der Waals surface area contributed by atoms with E-state index in [0.29, 0.717) is 13.0 Å². The molecule has 5 nitrogen and oxygen atoms in total. The van der Waals surface area contributed by atoms with E-state index in [-0.39, 0.29) is 17.3 Å². The van der Waals surface area contributed by atoms with Crippen LogP contribution in [0, 0.1) is 0 Å². The molecule has 0 spiro atoms. The van der Waals surface area contributed by atoms with Crippen LogP contribution in [0.3, 0.4) is 0 Å². The molecule has 1 unspecified atom stereocenters. The number of carbonyl (C=O) groups excluding carboxylic acids is 2. The summed E-state index contributed by atoms with van der Waals surface area (Å²) in [6, 6.07) is 0. The van der Waals surface area contributed by atoms with Crippen molar-refractivity contribution >= 4 is 39.2 Å². The first kappa shape index (κ1) is 21.2. The molecule has 0 aromatic carbocycles. The summed E-state index contributed by atoms with van der Waals surface area (Å²) < 4.78 is 7.56. The molecular weight excluding hydrogens is 350 g/mol. The maximum atomic E-state index is 12.3. The molecule has 0 aromatic heterocycles. The van der Waals surface area contributed by atoms with E-state index >= 15 is 0 Å². The molecule has 0 bridgehead atoms. The SMILES string of the molecule is CP(C)OC(=O)CCCCCNC(=O)C1SCCN1[PH](C)(C)C. The Kier molecular flexibility index (Phi) is 9.36. The number of hydrogen-bond acceptors (Lipinski definition) is 5. The fourth-order valence-corrected chi connectivity index (χ4v) is 6.98. The van der Waals surface area contributed by atoms with Gasteiger partial charge in [-0.25, -0.2) is 0 Å². The van der Waals surface area contributed by atoms with Crippen LogP contribution < -0.4 is 5.32 Å². The van der Waals surface area contributed by atoms with Crippen molar-refractivity contribution in [2.75, 3.05) is 52.2 Å². The number of nitrogens with one attached hydrogen (secondary N) is 1. The number of thioether (sulfide) groups is 1. The van der Waals surface area contributed by atoms with Crippen molar-refractivity contribution in [3.05, 3.63) is 0 Å². The molecular formula is C15H32N2O3P2S. The van der Waals surface area contributed by atoms with Crippen molar-refractivity contribution in [2.45, 2.75) is 31.1 Å². The summed E-state index contributed by atoms with van der Waals surface area (Å²) in [5.41, 5.74) is 0. The topological polar surface area (TPSA) is 58.6 Å². The van der Waals surface area contributed by atoms with E-state index in [1.807, 2.05) is 13.3 Å². The zero-order chi connectivity index (χ0) is 17.5. The quantitative estimate of drug-likeness (QED) is 0.491. The Labute approximate surface area is 146 Å². The molecule has 0 saturated carbocycles. The minimum absolute atomic E-state index is 0.00926. The zero-order valence-corrected chi connectivity index (χ0v) is 17.8. The van der Waals surface area contributed by atoms with Gasteiger partial charge in [0, 0.05) is 0 Å². The molecule has 1 rings (SSSR count). The van der Waals surface area contributed by atoms with Gasteiger partial charge in [0.2, 0.25) is 0 Å². The molecule has 8 heteroatoms. The number of hydrogen-bond donors (Lipinski definition) is 1. The van der Waals surface area contributed by atoms with Gasteiger partial charge in [0.1, 0.15) is 0 Å². The van der Waals surface area contributed by atoms with E-state index in [0.717, 1.165) is 31.6 Å². The van der Waals surface area contributed by atoms with E-state index in [4.69, 9.17) is 4.52 Å². The molecule has 23 heavy (non-hydrogen) atoms. The summed E-state index contributed by atoms with van der Waals surface area (Å²) in [6.07, 6.45) is 3.17. The van der Waals surface area contributed by atoms with Crippen LogP contribution in [-0.2, 0) is 14.1 Å². The van der Waals surface area contributed by atoms with Gasteiger partial charge in [0.15, 0.2) is 0 Å². The fraction of sp³-hybridized carbons (Fsp3) is 0.867. The molecule has 1 amide bonds. The van der Waals surface area contributed by atoms with Gasteiger partial charge < -0.3 is 0 Å². The molecule has 1 aliphatic heterocycles. The summed E-state index contributed by atoms with van der Waals surface area (Å²) in [5, 5.41) is 3.05.